The Balaban J connectivity index is 1.86. The molecule has 1 aliphatic rings. The van der Waals surface area contributed by atoms with Crippen LogP contribution in [0.5, 0.6) is 0 Å². The molecular weight excluding hydrogens is 260 g/mol. The van der Waals surface area contributed by atoms with Crippen LogP contribution >= 0.6 is 0 Å². The van der Waals surface area contributed by atoms with E-state index in [1.54, 1.807) is 18.0 Å². The Morgan fingerprint density at radius 1 is 1.60 bits per heavy atom. The first-order valence-corrected chi connectivity index (χ1v) is 6.75. The van der Waals surface area contributed by atoms with Crippen molar-refractivity contribution < 1.29 is 9.53 Å². The maximum atomic E-state index is 11.3. The molecule has 1 amide bonds. The average molecular weight is 282 g/mol. The molecule has 0 saturated carbocycles. The molecular formula is C12H22N6O2. The van der Waals surface area contributed by atoms with Gasteiger partial charge in [-0.25, -0.2) is 5.84 Å². The van der Waals surface area contributed by atoms with E-state index in [9.17, 15) is 4.79 Å². The van der Waals surface area contributed by atoms with Crippen LogP contribution in [0.15, 0.2) is 6.20 Å². The van der Waals surface area contributed by atoms with Gasteiger partial charge in [0.15, 0.2) is 5.69 Å². The zero-order valence-electron chi connectivity index (χ0n) is 12.0. The highest BCUT2D eigenvalue weighted by Gasteiger charge is 2.30. The maximum absolute atomic E-state index is 11.3. The number of methoxy groups -OCH3 is 1. The van der Waals surface area contributed by atoms with E-state index in [1.165, 1.54) is 0 Å². The van der Waals surface area contributed by atoms with Crippen LogP contribution in [-0.2, 0) is 11.3 Å². The molecule has 1 fully saturated rings. The van der Waals surface area contributed by atoms with Crippen LogP contribution in [-0.4, -0.2) is 58.1 Å². The maximum Gasteiger partial charge on any atom is 0.287 e. The first-order valence-electron chi connectivity index (χ1n) is 6.75. The van der Waals surface area contributed by atoms with Gasteiger partial charge in [0.2, 0.25) is 0 Å². The number of nitrogens with one attached hydrogen (secondary N) is 1. The third-order valence-corrected chi connectivity index (χ3v) is 3.78. The molecule has 2 heterocycles. The number of nitrogens with two attached hydrogens (primary N) is 1. The van der Waals surface area contributed by atoms with Gasteiger partial charge in [-0.05, 0) is 26.3 Å². The fourth-order valence-electron chi connectivity index (χ4n) is 2.49. The van der Waals surface area contributed by atoms with Crippen molar-refractivity contribution in [3.63, 3.8) is 0 Å². The molecule has 112 valence electrons. The van der Waals surface area contributed by atoms with Crippen LogP contribution in [0.3, 0.4) is 0 Å². The topological polar surface area (TPSA) is 98.3 Å². The van der Waals surface area contributed by atoms with E-state index in [0.29, 0.717) is 6.54 Å². The summed E-state index contributed by atoms with van der Waals surface area (Å²) < 4.78 is 7.22. The first kappa shape index (κ1) is 14.9. The second-order valence-electron chi connectivity index (χ2n) is 5.37. The molecule has 1 saturated heterocycles. The van der Waals surface area contributed by atoms with Crippen molar-refractivity contribution in [3.8, 4) is 0 Å². The van der Waals surface area contributed by atoms with Crippen LogP contribution in [0.2, 0.25) is 0 Å². The number of rotatable bonds is 5. The SMILES string of the molecule is COC1(C)CCCN(CCn2cc(C(=O)NN)nn2)C1. The molecule has 0 radical (unpaired) electrons. The minimum Gasteiger partial charge on any atom is -0.377 e. The number of aromatic nitrogens is 3. The van der Waals surface area contributed by atoms with Crippen molar-refractivity contribution in [1.82, 2.24) is 25.3 Å². The van der Waals surface area contributed by atoms with Crippen molar-refractivity contribution >= 4 is 5.91 Å². The minimum absolute atomic E-state index is 0.0643. The van der Waals surface area contributed by atoms with E-state index in [0.717, 1.165) is 32.5 Å². The quantitative estimate of drug-likeness (QED) is 0.424. The predicted octanol–water partition coefficient (Wildman–Crippen LogP) is -0.617. The zero-order valence-corrected chi connectivity index (χ0v) is 12.0. The number of hydrogen-bond donors (Lipinski definition) is 2. The average Bonchev–Trinajstić information content (AvgIpc) is 2.93. The highest BCUT2D eigenvalue weighted by atomic mass is 16.5. The number of nitrogens with zero attached hydrogens (tertiary/aromatic N) is 4. The summed E-state index contributed by atoms with van der Waals surface area (Å²) in [7, 11) is 1.76. The fraction of sp³-hybridized carbons (Fsp3) is 0.750. The van der Waals surface area contributed by atoms with Gasteiger partial charge < -0.3 is 4.74 Å². The third kappa shape index (κ3) is 3.53. The summed E-state index contributed by atoms with van der Waals surface area (Å²) in [6.45, 7) is 5.65. The lowest BCUT2D eigenvalue weighted by molar-refractivity contribution is -0.0513. The third-order valence-electron chi connectivity index (χ3n) is 3.78. The highest BCUT2D eigenvalue weighted by Crippen LogP contribution is 2.23. The van der Waals surface area contributed by atoms with E-state index >= 15 is 0 Å². The number of hydrogen-bond acceptors (Lipinski definition) is 6. The molecule has 0 bridgehead atoms. The minimum atomic E-state index is -0.429. The van der Waals surface area contributed by atoms with Crippen molar-refractivity contribution in [2.24, 2.45) is 5.84 Å². The summed E-state index contributed by atoms with van der Waals surface area (Å²) in [6.07, 6.45) is 3.81. The van der Waals surface area contributed by atoms with Gasteiger partial charge in [-0.2, -0.15) is 0 Å². The molecule has 8 nitrogen and oxygen atoms in total. The Morgan fingerprint density at radius 2 is 2.40 bits per heavy atom. The van der Waals surface area contributed by atoms with Gasteiger partial charge in [0.25, 0.3) is 5.91 Å². The molecule has 1 atom stereocenters. The molecule has 1 aliphatic heterocycles. The van der Waals surface area contributed by atoms with E-state index in [-0.39, 0.29) is 11.3 Å². The summed E-state index contributed by atoms with van der Waals surface area (Å²) in [5, 5.41) is 7.69. The molecule has 1 aromatic heterocycles. The molecule has 0 spiro atoms. The van der Waals surface area contributed by atoms with Gasteiger partial charge in [-0.3, -0.25) is 19.8 Å². The second-order valence-corrected chi connectivity index (χ2v) is 5.37. The van der Waals surface area contributed by atoms with Gasteiger partial charge in [0.1, 0.15) is 0 Å². The lowest BCUT2D eigenvalue weighted by Crippen LogP contribution is -2.48. The Labute approximate surface area is 118 Å². The number of likely N-dealkylation sites (tertiary alicyclic amines) is 1. The highest BCUT2D eigenvalue weighted by molar-refractivity contribution is 5.91. The summed E-state index contributed by atoms with van der Waals surface area (Å²) >= 11 is 0. The van der Waals surface area contributed by atoms with Crippen molar-refractivity contribution in [2.75, 3.05) is 26.7 Å². The lowest BCUT2D eigenvalue weighted by atomic mass is 9.95. The van der Waals surface area contributed by atoms with Crippen LogP contribution in [0.4, 0.5) is 0 Å². The molecule has 3 N–H and O–H groups in total. The summed E-state index contributed by atoms with van der Waals surface area (Å²) in [5.41, 5.74) is 2.20. The normalized spacial score (nSPS) is 23.8. The first-order chi connectivity index (χ1) is 9.56. The lowest BCUT2D eigenvalue weighted by Gasteiger charge is -2.39. The summed E-state index contributed by atoms with van der Waals surface area (Å²) in [5.74, 6) is 4.62. The van der Waals surface area contributed by atoms with Gasteiger partial charge in [-0.1, -0.05) is 5.21 Å². The molecule has 1 unspecified atom stereocenters. The molecule has 0 aromatic carbocycles. The number of hydrazine groups is 1. The van der Waals surface area contributed by atoms with E-state index < -0.39 is 5.91 Å². The van der Waals surface area contributed by atoms with Gasteiger partial charge in [0.05, 0.1) is 18.3 Å². The van der Waals surface area contributed by atoms with Gasteiger partial charge in [-0.15, -0.1) is 5.10 Å². The van der Waals surface area contributed by atoms with Gasteiger partial charge >= 0.3 is 0 Å². The summed E-state index contributed by atoms with van der Waals surface area (Å²) in [4.78, 5) is 13.6. The van der Waals surface area contributed by atoms with Crippen molar-refractivity contribution in [3.05, 3.63) is 11.9 Å². The Kier molecular flexibility index (Phi) is 4.69. The largest absolute Gasteiger partial charge is 0.377 e. The number of nitrogen functional groups attached to an aromatic ring is 1. The smallest absolute Gasteiger partial charge is 0.287 e. The Morgan fingerprint density at radius 3 is 3.10 bits per heavy atom. The van der Waals surface area contributed by atoms with Gasteiger partial charge in [0, 0.05) is 20.2 Å². The van der Waals surface area contributed by atoms with E-state index in [2.05, 4.69) is 22.1 Å². The molecule has 2 rings (SSSR count). The van der Waals surface area contributed by atoms with Crippen LogP contribution in [0, 0.1) is 0 Å². The molecule has 20 heavy (non-hydrogen) atoms. The molecule has 8 heteroatoms. The molecule has 1 aromatic rings. The van der Waals surface area contributed by atoms with Crippen LogP contribution in [0.25, 0.3) is 0 Å². The van der Waals surface area contributed by atoms with Crippen molar-refractivity contribution in [2.45, 2.75) is 31.9 Å². The standard InChI is InChI=1S/C12H22N6O2/c1-12(20-2)4-3-5-17(9-12)6-7-18-8-10(15-16-18)11(19)14-13/h8H,3-7,9,13H2,1-2H3,(H,14,19). The van der Waals surface area contributed by atoms with Crippen molar-refractivity contribution in [1.29, 1.82) is 0 Å². The summed E-state index contributed by atoms with van der Waals surface area (Å²) in [6, 6.07) is 0. The number of ether oxygens (including phenoxy) is 1. The number of carbonyl (C=O) groups excluding carboxylic acids is 1. The number of carbonyl (C=O) groups is 1. The molecule has 0 aliphatic carbocycles. The zero-order chi connectivity index (χ0) is 14.6. The Hall–Kier alpha value is -1.51. The number of amides is 1. The second kappa shape index (κ2) is 6.29. The van der Waals surface area contributed by atoms with E-state index in [4.69, 9.17) is 10.6 Å². The monoisotopic (exact) mass is 282 g/mol. The van der Waals surface area contributed by atoms with E-state index in [1.807, 2.05) is 5.43 Å². The predicted molar refractivity (Wildman–Crippen MR) is 72.8 cm³/mol. The fourth-order valence-corrected chi connectivity index (χ4v) is 2.49. The van der Waals surface area contributed by atoms with Crippen LogP contribution < -0.4 is 11.3 Å². The number of piperidine rings is 1. The van der Waals surface area contributed by atoms with Crippen LogP contribution in [0.1, 0.15) is 30.3 Å². The Bertz CT molecular complexity index is 463.